The van der Waals surface area contributed by atoms with Gasteiger partial charge in [-0.15, -0.1) is 0 Å². The van der Waals surface area contributed by atoms with Crippen molar-refractivity contribution in [3.63, 3.8) is 0 Å². The molecule has 0 fully saturated rings. The minimum atomic E-state index is 0.551. The molecule has 1 aromatic carbocycles. The maximum atomic E-state index is 5.40. The van der Waals surface area contributed by atoms with E-state index in [0.29, 0.717) is 13.2 Å². The molecule has 0 heterocycles. The molecule has 0 radical (unpaired) electrons. The third-order valence-corrected chi connectivity index (χ3v) is 2.01. The molecule has 0 saturated heterocycles. The van der Waals surface area contributed by atoms with Gasteiger partial charge in [0.05, 0.1) is 0 Å². The smallest absolute Gasteiger partial charge is 0.122 e. The van der Waals surface area contributed by atoms with Gasteiger partial charge in [-0.2, -0.15) is 0 Å². The summed E-state index contributed by atoms with van der Waals surface area (Å²) in [6, 6.07) is 5.92. The monoisotopic (exact) mass is 229 g/mol. The number of halogens is 1. The largest absolute Gasteiger partial charge is 0.492 e. The van der Waals surface area contributed by atoms with Crippen LogP contribution in [0.5, 0.6) is 5.75 Å². The Hall–Kier alpha value is -0.540. The Morgan fingerprint density at radius 2 is 2.25 bits per heavy atom. The van der Waals surface area contributed by atoms with Crippen LogP contribution in [0.15, 0.2) is 22.7 Å². The van der Waals surface area contributed by atoms with E-state index < -0.39 is 0 Å². The minimum absolute atomic E-state index is 0.551. The van der Waals surface area contributed by atoms with E-state index in [2.05, 4.69) is 15.9 Å². The second-order valence-electron chi connectivity index (χ2n) is 2.55. The molecule has 0 atom stereocenters. The van der Waals surface area contributed by atoms with Crippen molar-refractivity contribution in [2.24, 2.45) is 5.73 Å². The number of hydrogen-bond donors (Lipinski definition) is 1. The van der Waals surface area contributed by atoms with Crippen molar-refractivity contribution in [2.45, 2.75) is 6.92 Å². The molecular formula is C9H12BrNO. The maximum absolute atomic E-state index is 5.40. The van der Waals surface area contributed by atoms with Gasteiger partial charge >= 0.3 is 0 Å². The second-order valence-corrected chi connectivity index (χ2v) is 3.46. The first-order chi connectivity index (χ1) is 5.74. The Labute approximate surface area is 80.8 Å². The van der Waals surface area contributed by atoms with Gasteiger partial charge in [-0.05, 0) is 30.7 Å². The lowest BCUT2D eigenvalue weighted by molar-refractivity contribution is 0.326. The Bertz CT molecular complexity index is 263. The molecule has 0 saturated carbocycles. The van der Waals surface area contributed by atoms with Gasteiger partial charge in [0.2, 0.25) is 0 Å². The highest BCUT2D eigenvalue weighted by Crippen LogP contribution is 2.21. The summed E-state index contributed by atoms with van der Waals surface area (Å²) in [6.07, 6.45) is 0. The van der Waals surface area contributed by atoms with Gasteiger partial charge in [-0.25, -0.2) is 0 Å². The maximum Gasteiger partial charge on any atom is 0.122 e. The van der Waals surface area contributed by atoms with Crippen LogP contribution in [0.2, 0.25) is 0 Å². The van der Waals surface area contributed by atoms with Gasteiger partial charge in [-0.1, -0.05) is 15.9 Å². The fourth-order valence-electron chi connectivity index (χ4n) is 0.944. The second kappa shape index (κ2) is 4.48. The molecule has 0 unspecified atom stereocenters. The molecule has 12 heavy (non-hydrogen) atoms. The zero-order valence-electron chi connectivity index (χ0n) is 7.01. The van der Waals surface area contributed by atoms with Crippen molar-refractivity contribution in [1.82, 2.24) is 0 Å². The van der Waals surface area contributed by atoms with Gasteiger partial charge in [0, 0.05) is 11.0 Å². The Balaban J connectivity index is 2.72. The van der Waals surface area contributed by atoms with Crippen LogP contribution in [0.3, 0.4) is 0 Å². The van der Waals surface area contributed by atoms with Crippen LogP contribution < -0.4 is 10.5 Å². The minimum Gasteiger partial charge on any atom is -0.492 e. The van der Waals surface area contributed by atoms with Crippen molar-refractivity contribution in [3.8, 4) is 5.75 Å². The van der Waals surface area contributed by atoms with Gasteiger partial charge in [0.25, 0.3) is 0 Å². The summed E-state index contributed by atoms with van der Waals surface area (Å²) >= 11 is 3.38. The van der Waals surface area contributed by atoms with Gasteiger partial charge in [0.1, 0.15) is 12.4 Å². The van der Waals surface area contributed by atoms with Crippen molar-refractivity contribution >= 4 is 15.9 Å². The number of hydrogen-bond acceptors (Lipinski definition) is 2. The topological polar surface area (TPSA) is 35.2 Å². The van der Waals surface area contributed by atoms with Crippen LogP contribution >= 0.6 is 15.9 Å². The quantitative estimate of drug-likeness (QED) is 0.862. The van der Waals surface area contributed by atoms with Crippen LogP contribution in [-0.4, -0.2) is 13.2 Å². The van der Waals surface area contributed by atoms with E-state index in [1.165, 1.54) is 0 Å². The molecule has 0 bridgehead atoms. The molecule has 1 rings (SSSR count). The zero-order chi connectivity index (χ0) is 8.97. The average molecular weight is 230 g/mol. The summed E-state index contributed by atoms with van der Waals surface area (Å²) in [5.74, 6) is 0.906. The molecule has 2 nitrogen and oxygen atoms in total. The average Bonchev–Trinajstić information content (AvgIpc) is 2.03. The predicted molar refractivity (Wildman–Crippen MR) is 53.4 cm³/mol. The number of aryl methyl sites for hydroxylation is 1. The number of ether oxygens (including phenoxy) is 1. The molecule has 66 valence electrons. The SMILES string of the molecule is Cc1cc(Br)ccc1OCCN. The molecule has 0 amide bonds. The number of nitrogens with two attached hydrogens (primary N) is 1. The lowest BCUT2D eigenvalue weighted by Gasteiger charge is -2.07. The summed E-state index contributed by atoms with van der Waals surface area (Å²) in [4.78, 5) is 0. The highest BCUT2D eigenvalue weighted by atomic mass is 79.9. The normalized spacial score (nSPS) is 9.92. The van der Waals surface area contributed by atoms with E-state index in [-0.39, 0.29) is 0 Å². The van der Waals surface area contributed by atoms with E-state index in [0.717, 1.165) is 15.8 Å². The van der Waals surface area contributed by atoms with Crippen LogP contribution in [0, 0.1) is 6.92 Å². The zero-order valence-corrected chi connectivity index (χ0v) is 8.60. The van der Waals surface area contributed by atoms with Crippen LogP contribution in [0.1, 0.15) is 5.56 Å². The van der Waals surface area contributed by atoms with Gasteiger partial charge in [-0.3, -0.25) is 0 Å². The fraction of sp³-hybridized carbons (Fsp3) is 0.333. The van der Waals surface area contributed by atoms with Crippen molar-refractivity contribution in [3.05, 3.63) is 28.2 Å². The first-order valence-electron chi connectivity index (χ1n) is 3.83. The first-order valence-corrected chi connectivity index (χ1v) is 4.62. The van der Waals surface area contributed by atoms with Crippen LogP contribution in [-0.2, 0) is 0 Å². The van der Waals surface area contributed by atoms with E-state index >= 15 is 0 Å². The molecular weight excluding hydrogens is 218 g/mol. The highest BCUT2D eigenvalue weighted by Gasteiger charge is 1.98. The Morgan fingerprint density at radius 1 is 1.50 bits per heavy atom. The standard InChI is InChI=1S/C9H12BrNO/c1-7-6-8(10)2-3-9(7)12-5-4-11/h2-3,6H,4-5,11H2,1H3. The number of benzene rings is 1. The van der Waals surface area contributed by atoms with Crippen molar-refractivity contribution in [1.29, 1.82) is 0 Å². The first kappa shape index (κ1) is 9.55. The molecule has 3 heteroatoms. The van der Waals surface area contributed by atoms with Crippen molar-refractivity contribution < 1.29 is 4.74 Å². The van der Waals surface area contributed by atoms with E-state index in [1.807, 2.05) is 25.1 Å². The van der Waals surface area contributed by atoms with E-state index in [9.17, 15) is 0 Å². The van der Waals surface area contributed by atoms with E-state index in [1.54, 1.807) is 0 Å². The van der Waals surface area contributed by atoms with Crippen molar-refractivity contribution in [2.75, 3.05) is 13.2 Å². The fourth-order valence-corrected chi connectivity index (χ4v) is 1.42. The lowest BCUT2D eigenvalue weighted by Crippen LogP contribution is -2.11. The summed E-state index contributed by atoms with van der Waals surface area (Å²) < 4.78 is 6.46. The molecule has 0 spiro atoms. The Kier molecular flexibility index (Phi) is 3.56. The van der Waals surface area contributed by atoms with Crippen LogP contribution in [0.25, 0.3) is 0 Å². The summed E-state index contributed by atoms with van der Waals surface area (Å²) in [6.45, 7) is 3.13. The molecule has 0 aliphatic heterocycles. The molecule has 1 aromatic rings. The molecule has 0 aliphatic rings. The van der Waals surface area contributed by atoms with Crippen LogP contribution in [0.4, 0.5) is 0 Å². The lowest BCUT2D eigenvalue weighted by atomic mass is 10.2. The van der Waals surface area contributed by atoms with Gasteiger partial charge < -0.3 is 10.5 Å². The Morgan fingerprint density at radius 3 is 2.83 bits per heavy atom. The predicted octanol–water partition coefficient (Wildman–Crippen LogP) is 2.10. The summed E-state index contributed by atoms with van der Waals surface area (Å²) in [5, 5.41) is 0. The highest BCUT2D eigenvalue weighted by molar-refractivity contribution is 9.10. The summed E-state index contributed by atoms with van der Waals surface area (Å²) in [5.41, 5.74) is 6.45. The molecule has 0 aliphatic carbocycles. The number of rotatable bonds is 3. The third kappa shape index (κ3) is 2.50. The molecule has 0 aromatic heterocycles. The van der Waals surface area contributed by atoms with Gasteiger partial charge in [0.15, 0.2) is 0 Å². The third-order valence-electron chi connectivity index (χ3n) is 1.51. The van der Waals surface area contributed by atoms with E-state index in [4.69, 9.17) is 10.5 Å². The summed E-state index contributed by atoms with van der Waals surface area (Å²) in [7, 11) is 0. The molecule has 2 N–H and O–H groups in total.